The van der Waals surface area contributed by atoms with Gasteiger partial charge in [0, 0.05) is 44.5 Å². The number of anilines is 1. The van der Waals surface area contributed by atoms with Crippen LogP contribution in [0.1, 0.15) is 29.8 Å². The summed E-state index contributed by atoms with van der Waals surface area (Å²) in [4.78, 5) is 11.6. The number of pyridine rings is 1. The van der Waals surface area contributed by atoms with Crippen molar-refractivity contribution in [2.45, 2.75) is 43.7 Å². The molecule has 2 aliphatic heterocycles. The molecule has 0 spiro atoms. The summed E-state index contributed by atoms with van der Waals surface area (Å²) < 4.78 is 29.2. The number of imidazole rings is 1. The molecule has 0 N–H and O–H groups in total. The highest BCUT2D eigenvalue weighted by Gasteiger charge is 2.28. The van der Waals surface area contributed by atoms with Crippen molar-refractivity contribution in [3.8, 4) is 0 Å². The molecule has 1 fully saturated rings. The Morgan fingerprint density at radius 2 is 1.74 bits per heavy atom. The van der Waals surface area contributed by atoms with Gasteiger partial charge < -0.3 is 9.47 Å². The molecular formula is C23H27N5O2S. The number of fused-ring (bicyclic) bond motifs is 1. The minimum atomic E-state index is -3.42. The number of aryl methyl sites for hydroxylation is 2. The molecule has 0 radical (unpaired) electrons. The van der Waals surface area contributed by atoms with Gasteiger partial charge in [0.05, 0.1) is 18.6 Å². The first-order chi connectivity index (χ1) is 15.1. The van der Waals surface area contributed by atoms with Gasteiger partial charge in [-0.1, -0.05) is 30.3 Å². The first-order valence-corrected chi connectivity index (χ1v) is 12.3. The largest absolute Gasteiger partial charge is 0.350 e. The SMILES string of the molecule is O=S(=O)(c1ccc(N2CCc3c(ncn3CCc3ccccc3)C2)nc1)N1CCCC1. The van der Waals surface area contributed by atoms with Crippen molar-refractivity contribution in [1.82, 2.24) is 18.8 Å². The molecule has 162 valence electrons. The molecule has 0 saturated carbocycles. The number of hydrogen-bond donors (Lipinski definition) is 0. The van der Waals surface area contributed by atoms with E-state index < -0.39 is 10.0 Å². The number of nitrogens with zero attached hydrogens (tertiary/aromatic N) is 5. The van der Waals surface area contributed by atoms with Gasteiger partial charge in [-0.05, 0) is 37.0 Å². The van der Waals surface area contributed by atoms with Gasteiger partial charge in [-0.3, -0.25) is 0 Å². The maximum absolute atomic E-state index is 12.7. The summed E-state index contributed by atoms with van der Waals surface area (Å²) in [6.45, 7) is 3.67. The molecule has 0 bridgehead atoms. The number of benzene rings is 1. The number of rotatable bonds is 6. The third-order valence-corrected chi connectivity index (χ3v) is 8.11. The van der Waals surface area contributed by atoms with Crippen molar-refractivity contribution in [2.75, 3.05) is 24.5 Å². The number of aromatic nitrogens is 3. The quantitative estimate of drug-likeness (QED) is 0.593. The van der Waals surface area contributed by atoms with Gasteiger partial charge in [0.2, 0.25) is 10.0 Å². The maximum Gasteiger partial charge on any atom is 0.244 e. The monoisotopic (exact) mass is 437 g/mol. The second-order valence-electron chi connectivity index (χ2n) is 8.20. The van der Waals surface area contributed by atoms with E-state index in [9.17, 15) is 8.42 Å². The Morgan fingerprint density at radius 1 is 0.935 bits per heavy atom. The zero-order valence-electron chi connectivity index (χ0n) is 17.5. The van der Waals surface area contributed by atoms with E-state index in [1.54, 1.807) is 10.4 Å². The Balaban J connectivity index is 1.26. The summed E-state index contributed by atoms with van der Waals surface area (Å²) >= 11 is 0. The minimum absolute atomic E-state index is 0.279. The lowest BCUT2D eigenvalue weighted by atomic mass is 10.1. The van der Waals surface area contributed by atoms with Gasteiger partial charge in [-0.25, -0.2) is 18.4 Å². The van der Waals surface area contributed by atoms with Crippen LogP contribution in [-0.4, -0.2) is 46.9 Å². The summed E-state index contributed by atoms with van der Waals surface area (Å²) in [7, 11) is -3.42. The lowest BCUT2D eigenvalue weighted by Gasteiger charge is -2.28. The highest BCUT2D eigenvalue weighted by atomic mass is 32.2. The van der Waals surface area contributed by atoms with Crippen LogP contribution in [0.4, 0.5) is 5.82 Å². The third-order valence-electron chi connectivity index (χ3n) is 6.22. The van der Waals surface area contributed by atoms with Crippen molar-refractivity contribution >= 4 is 15.8 Å². The standard InChI is InChI=1S/C23H27N5O2S/c29-31(30,28-12-4-5-13-28)20-8-9-23(24-16-20)26-15-11-22-21(17-26)25-18-27(22)14-10-19-6-2-1-3-7-19/h1-3,6-9,16,18H,4-5,10-15,17H2. The zero-order chi connectivity index (χ0) is 21.3. The number of sulfonamides is 1. The predicted octanol–water partition coefficient (Wildman–Crippen LogP) is 2.87. The van der Waals surface area contributed by atoms with E-state index in [4.69, 9.17) is 0 Å². The van der Waals surface area contributed by atoms with Crippen LogP contribution in [0.2, 0.25) is 0 Å². The van der Waals surface area contributed by atoms with Crippen LogP contribution in [0.15, 0.2) is 59.9 Å². The van der Waals surface area contributed by atoms with Gasteiger partial charge in [0.1, 0.15) is 10.7 Å². The molecule has 0 amide bonds. The van der Waals surface area contributed by atoms with Crippen molar-refractivity contribution in [3.05, 3.63) is 71.9 Å². The van der Waals surface area contributed by atoms with Crippen LogP contribution in [0.5, 0.6) is 0 Å². The Kier molecular flexibility index (Phi) is 5.50. The van der Waals surface area contributed by atoms with E-state index in [0.717, 1.165) is 50.3 Å². The lowest BCUT2D eigenvalue weighted by Crippen LogP contribution is -2.32. The highest BCUT2D eigenvalue weighted by Crippen LogP contribution is 2.25. The topological polar surface area (TPSA) is 71.3 Å². The van der Waals surface area contributed by atoms with Crippen molar-refractivity contribution in [2.24, 2.45) is 0 Å². The van der Waals surface area contributed by atoms with E-state index in [0.29, 0.717) is 19.6 Å². The minimum Gasteiger partial charge on any atom is -0.350 e. The first kappa shape index (κ1) is 20.2. The van der Waals surface area contributed by atoms with Crippen molar-refractivity contribution in [3.63, 3.8) is 0 Å². The van der Waals surface area contributed by atoms with Gasteiger partial charge in [0.25, 0.3) is 0 Å². The van der Waals surface area contributed by atoms with E-state index in [-0.39, 0.29) is 4.90 Å². The van der Waals surface area contributed by atoms with Crippen LogP contribution >= 0.6 is 0 Å². The van der Waals surface area contributed by atoms with Crippen LogP contribution in [0.3, 0.4) is 0 Å². The summed E-state index contributed by atoms with van der Waals surface area (Å²) in [6.07, 6.45) is 7.19. The zero-order valence-corrected chi connectivity index (χ0v) is 18.3. The number of hydrogen-bond acceptors (Lipinski definition) is 5. The molecular weight excluding hydrogens is 410 g/mol. The fourth-order valence-corrected chi connectivity index (χ4v) is 5.91. The fourth-order valence-electron chi connectivity index (χ4n) is 4.44. The van der Waals surface area contributed by atoms with Gasteiger partial charge in [-0.2, -0.15) is 4.31 Å². The Hall–Kier alpha value is -2.71. The van der Waals surface area contributed by atoms with Gasteiger partial charge in [0.15, 0.2) is 0 Å². The van der Waals surface area contributed by atoms with Crippen LogP contribution in [-0.2, 0) is 36.0 Å². The molecule has 5 rings (SSSR count). The lowest BCUT2D eigenvalue weighted by molar-refractivity contribution is 0.477. The van der Waals surface area contributed by atoms with Gasteiger partial charge >= 0.3 is 0 Å². The summed E-state index contributed by atoms with van der Waals surface area (Å²) in [6, 6.07) is 14.0. The molecule has 0 aliphatic carbocycles. The fraction of sp³-hybridized carbons (Fsp3) is 0.391. The molecule has 4 heterocycles. The van der Waals surface area contributed by atoms with Crippen molar-refractivity contribution < 1.29 is 8.42 Å². The first-order valence-electron chi connectivity index (χ1n) is 10.9. The molecule has 2 aromatic heterocycles. The molecule has 0 unspecified atom stereocenters. The molecule has 0 atom stereocenters. The summed E-state index contributed by atoms with van der Waals surface area (Å²) in [5.41, 5.74) is 3.70. The van der Waals surface area contributed by atoms with Crippen LogP contribution in [0.25, 0.3) is 0 Å². The molecule has 31 heavy (non-hydrogen) atoms. The van der Waals surface area contributed by atoms with E-state index in [1.807, 2.05) is 18.5 Å². The molecule has 7 nitrogen and oxygen atoms in total. The summed E-state index contributed by atoms with van der Waals surface area (Å²) in [5.74, 6) is 0.796. The Labute approximate surface area is 183 Å². The van der Waals surface area contributed by atoms with Gasteiger partial charge in [-0.15, -0.1) is 0 Å². The average Bonchev–Trinajstić information content (AvgIpc) is 3.49. The molecule has 1 aromatic carbocycles. The molecule has 1 saturated heterocycles. The second-order valence-corrected chi connectivity index (χ2v) is 10.1. The highest BCUT2D eigenvalue weighted by molar-refractivity contribution is 7.89. The maximum atomic E-state index is 12.7. The van der Waals surface area contributed by atoms with E-state index in [1.165, 1.54) is 17.5 Å². The van der Waals surface area contributed by atoms with E-state index in [2.05, 4.69) is 43.7 Å². The van der Waals surface area contributed by atoms with Crippen LogP contribution in [0, 0.1) is 0 Å². The normalized spacial score (nSPS) is 17.1. The van der Waals surface area contributed by atoms with Crippen molar-refractivity contribution in [1.29, 1.82) is 0 Å². The second kappa shape index (κ2) is 8.43. The predicted molar refractivity (Wildman–Crippen MR) is 119 cm³/mol. The molecule has 3 aromatic rings. The average molecular weight is 438 g/mol. The Morgan fingerprint density at radius 3 is 2.48 bits per heavy atom. The summed E-state index contributed by atoms with van der Waals surface area (Å²) in [5, 5.41) is 0. The van der Waals surface area contributed by atoms with E-state index >= 15 is 0 Å². The smallest absolute Gasteiger partial charge is 0.244 e. The Bertz CT molecular complexity index is 1140. The third kappa shape index (κ3) is 4.09. The van der Waals surface area contributed by atoms with Crippen LogP contribution < -0.4 is 4.90 Å². The molecule has 8 heteroatoms. The molecule has 2 aliphatic rings.